The lowest BCUT2D eigenvalue weighted by molar-refractivity contribution is -0.142. The lowest BCUT2D eigenvalue weighted by Crippen LogP contribution is -2.62. The van der Waals surface area contributed by atoms with Gasteiger partial charge in [-0.2, -0.15) is 11.8 Å². The number of carboxylic acids is 1. The van der Waals surface area contributed by atoms with Gasteiger partial charge in [-0.3, -0.25) is 57.7 Å². The van der Waals surface area contributed by atoms with E-state index in [4.69, 9.17) is 28.7 Å². The number of unbranched alkanes of at least 4 members (excludes halogenated alkanes) is 2. The highest BCUT2D eigenvalue weighted by Gasteiger charge is 2.40. The van der Waals surface area contributed by atoms with Crippen molar-refractivity contribution in [2.75, 3.05) is 38.2 Å². The van der Waals surface area contributed by atoms with Gasteiger partial charge in [0.05, 0.1) is 19.0 Å². The zero-order valence-electron chi connectivity index (χ0n) is 63.2. The Bertz CT molecular complexity index is 3060. The molecule has 1 heterocycles. The number of benzene rings is 1. The molecule has 0 spiro atoms. The van der Waals surface area contributed by atoms with Gasteiger partial charge in [0.2, 0.25) is 65.0 Å². The van der Waals surface area contributed by atoms with Crippen LogP contribution in [0.1, 0.15) is 170 Å². The number of aliphatic hydroxyl groups excluding tert-OH is 1. The number of guanidine groups is 1. The Morgan fingerprint density at radius 2 is 0.867 bits per heavy atom. The zero-order chi connectivity index (χ0) is 78.9. The molecule has 34 heteroatoms. The molecule has 11 amide bonds. The number of hydrogen-bond acceptors (Lipinski definition) is 19. The number of nitrogens with zero attached hydrogens (tertiary/aromatic N) is 2. The number of imidazole rings is 1. The van der Waals surface area contributed by atoms with Crippen LogP contribution in [0.15, 0.2) is 47.8 Å². The molecule has 1 aromatic carbocycles. The van der Waals surface area contributed by atoms with Crippen molar-refractivity contribution < 1.29 is 67.7 Å². The summed E-state index contributed by atoms with van der Waals surface area (Å²) in [6.45, 7) is 17.3. The number of nitrogens with one attached hydrogen (secondary N) is 12. The first kappa shape index (κ1) is 92.6. The van der Waals surface area contributed by atoms with Crippen LogP contribution in [0.25, 0.3) is 0 Å². The molecule has 2 rings (SSSR count). The number of aromatic nitrogens is 2. The Labute approximate surface area is 622 Å². The van der Waals surface area contributed by atoms with E-state index in [-0.39, 0.29) is 75.8 Å². The first-order chi connectivity index (χ1) is 49.8. The average Bonchev–Trinajstić information content (AvgIpc) is 1.66. The summed E-state index contributed by atoms with van der Waals surface area (Å²) in [5, 5.41) is 50.4. The van der Waals surface area contributed by atoms with E-state index in [9.17, 15) is 67.7 Å². The molecule has 592 valence electrons. The summed E-state index contributed by atoms with van der Waals surface area (Å²) in [6.07, 6.45) is 8.09. The number of rotatable bonds is 53. The monoisotopic (exact) mass is 1500 g/mol. The van der Waals surface area contributed by atoms with Crippen molar-refractivity contribution in [1.82, 2.24) is 68.5 Å². The summed E-state index contributed by atoms with van der Waals surface area (Å²) in [6, 6.07) is -7.04. The first-order valence-electron chi connectivity index (χ1n) is 36.7. The highest BCUT2D eigenvalue weighted by molar-refractivity contribution is 7.98. The van der Waals surface area contributed by atoms with Gasteiger partial charge < -0.3 is 102 Å². The Hall–Kier alpha value is -8.47. The summed E-state index contributed by atoms with van der Waals surface area (Å²) in [5.41, 5.74) is 29.8. The Kier molecular flexibility index (Phi) is 44.2. The minimum absolute atomic E-state index is 0.0152. The second-order valence-electron chi connectivity index (χ2n) is 27.4. The predicted octanol–water partition coefficient (Wildman–Crippen LogP) is -0.773. The van der Waals surface area contributed by atoms with Crippen molar-refractivity contribution in [3.05, 3.63) is 54.1 Å². The summed E-state index contributed by atoms with van der Waals surface area (Å²) < 4.78 is 0. The standard InChI is InChI=1S/C71H123N19O14S/c1-12-41(7)55(88-61(94)49(28-23-32-78-71(75)76)81-62(95)52(35-45-24-17-16-18-25-45)85-67(100)57(43(9)14-3)90-69(102)58(44(10)15-4)87-59(92)47(74)29-33-105-11)66(99)84-51(34-40(5)6)64(97)89-56(42(8)13-2)68(101)86-54(38-91)65(98)83-53(36-46-37-77-39-79-46)63(96)80-48(26-19-21-30-72)60(93)82-50(70(103)104)27-20-22-31-73/h16-18,24-25,37,39-44,47-58,91H,12-15,19-23,26-36,38,72-74H2,1-11H3,(H,77,79)(H,80,96)(H,81,95)(H,82,93)(H,83,98)(H,84,99)(H,85,100)(H,86,101)(H,87,92)(H,88,94)(H,89,97)(H,90,102)(H,103,104)(H4,75,76,78)/t41-,42-,43-,44-,47-,48-,49-,50-,51-,52-,53-,54-,55-,56-,57-,58-/m0/s1. The molecule has 0 aliphatic heterocycles. The number of aliphatic hydroxyl groups is 1. The highest BCUT2D eigenvalue weighted by atomic mass is 32.2. The number of aromatic amines is 1. The maximum atomic E-state index is 14.9. The number of amides is 11. The third-order valence-electron chi connectivity index (χ3n) is 18.5. The van der Waals surface area contributed by atoms with Gasteiger partial charge in [-0.05, 0) is 124 Å². The summed E-state index contributed by atoms with van der Waals surface area (Å²) in [5.74, 6) is -12.0. The van der Waals surface area contributed by atoms with Gasteiger partial charge in [0.25, 0.3) is 0 Å². The summed E-state index contributed by atoms with van der Waals surface area (Å²) >= 11 is 1.52. The van der Waals surface area contributed by atoms with Gasteiger partial charge in [-0.1, -0.05) is 125 Å². The van der Waals surface area contributed by atoms with Crippen LogP contribution in [0.5, 0.6) is 0 Å². The predicted molar refractivity (Wildman–Crippen MR) is 402 cm³/mol. The van der Waals surface area contributed by atoms with Crippen molar-refractivity contribution in [1.29, 1.82) is 0 Å². The fraction of sp³-hybridized carbons (Fsp3) is 0.690. The third-order valence-corrected chi connectivity index (χ3v) is 19.2. The van der Waals surface area contributed by atoms with E-state index >= 15 is 0 Å². The Balaban J connectivity index is 2.56. The molecular formula is C71H123N19O14S. The summed E-state index contributed by atoms with van der Waals surface area (Å²) in [7, 11) is 0. The van der Waals surface area contributed by atoms with E-state index in [2.05, 4.69) is 73.4 Å². The minimum Gasteiger partial charge on any atom is -0.480 e. The molecule has 0 aliphatic carbocycles. The molecule has 0 radical (unpaired) electrons. The zero-order valence-corrected chi connectivity index (χ0v) is 64.0. The number of nitrogens with two attached hydrogens (primary N) is 5. The van der Waals surface area contributed by atoms with Crippen molar-refractivity contribution >= 4 is 88.7 Å². The van der Waals surface area contributed by atoms with Gasteiger partial charge in [-0.15, -0.1) is 0 Å². The molecule has 0 unspecified atom stereocenters. The molecule has 0 bridgehead atoms. The van der Waals surface area contributed by atoms with Gasteiger partial charge in [0.15, 0.2) is 5.96 Å². The lowest BCUT2D eigenvalue weighted by atomic mass is 9.94. The van der Waals surface area contributed by atoms with Crippen LogP contribution in [0.2, 0.25) is 0 Å². The van der Waals surface area contributed by atoms with Crippen molar-refractivity contribution in [2.24, 2.45) is 63.3 Å². The molecule has 1 aromatic heterocycles. The number of carbonyl (C=O) groups is 12. The Morgan fingerprint density at radius 1 is 0.486 bits per heavy atom. The van der Waals surface area contributed by atoms with E-state index in [0.717, 1.165) is 0 Å². The lowest BCUT2D eigenvalue weighted by Gasteiger charge is -2.31. The van der Waals surface area contributed by atoms with Gasteiger partial charge in [0, 0.05) is 31.3 Å². The van der Waals surface area contributed by atoms with Crippen molar-refractivity contribution in [3.8, 4) is 0 Å². The van der Waals surface area contributed by atoms with Gasteiger partial charge in [0.1, 0.15) is 66.5 Å². The third kappa shape index (κ3) is 33.7. The van der Waals surface area contributed by atoms with E-state index in [1.807, 2.05) is 20.1 Å². The molecule has 33 nitrogen and oxygen atoms in total. The molecule has 16 atom stereocenters. The number of carbonyl (C=O) groups excluding carboxylic acids is 11. The van der Waals surface area contributed by atoms with Crippen LogP contribution >= 0.6 is 11.8 Å². The number of carboxylic acid groups (broad SMARTS) is 1. The number of aliphatic carboxylic acids is 1. The topological polar surface area (TPSA) is 549 Å². The normalized spacial score (nSPS) is 15.9. The first-order valence-corrected chi connectivity index (χ1v) is 38.1. The van der Waals surface area contributed by atoms with E-state index in [1.165, 1.54) is 24.3 Å². The SMILES string of the molecule is CC[C@H](C)[C@H](NC(=O)[C@H](CC(C)C)NC(=O)[C@@H](NC(=O)[C@H](CCCN=C(N)N)NC(=O)[C@H](Cc1ccccc1)NC(=O)[C@@H](NC(=O)[C@@H](NC(=O)[C@@H](N)CCSC)[C@@H](C)CC)[C@@H](C)CC)[C@@H](C)CC)C(=O)N[C@@H](CO)C(=O)N[C@@H](Cc1cnc[nH]1)C(=O)N[C@@H](CCCCN)C(=O)N[C@@H](CCCCN)C(=O)O. The number of aliphatic imine (C=N–C) groups is 1. The number of thioether (sulfide) groups is 1. The van der Waals surface area contributed by atoms with Crippen LogP contribution in [0.4, 0.5) is 0 Å². The quantitative estimate of drug-likeness (QED) is 0.0220. The highest BCUT2D eigenvalue weighted by Crippen LogP contribution is 2.18. The Morgan fingerprint density at radius 3 is 1.30 bits per heavy atom. The fourth-order valence-electron chi connectivity index (χ4n) is 11.1. The number of hydrogen-bond donors (Lipinski definition) is 19. The summed E-state index contributed by atoms with van der Waals surface area (Å²) in [4.78, 5) is 181. The molecule has 0 aliphatic rings. The maximum Gasteiger partial charge on any atom is 0.326 e. The van der Waals surface area contributed by atoms with Gasteiger partial charge >= 0.3 is 5.97 Å². The largest absolute Gasteiger partial charge is 0.480 e. The van der Waals surface area contributed by atoms with Crippen molar-refractivity contribution in [2.45, 2.75) is 244 Å². The smallest absolute Gasteiger partial charge is 0.326 e. The van der Waals surface area contributed by atoms with Crippen LogP contribution in [0, 0.1) is 29.6 Å². The minimum atomic E-state index is -1.73. The van der Waals surface area contributed by atoms with Crippen LogP contribution in [0.3, 0.4) is 0 Å². The van der Waals surface area contributed by atoms with Crippen LogP contribution < -0.4 is 87.2 Å². The molecule has 105 heavy (non-hydrogen) atoms. The number of H-pyrrole nitrogens is 1. The van der Waals surface area contributed by atoms with E-state index in [1.54, 1.807) is 85.7 Å². The molecular weight excluding hydrogens is 1370 g/mol. The van der Waals surface area contributed by atoms with Crippen LogP contribution in [-0.4, -0.2) is 208 Å². The van der Waals surface area contributed by atoms with Crippen molar-refractivity contribution in [3.63, 3.8) is 0 Å². The molecule has 24 N–H and O–H groups in total. The second-order valence-corrected chi connectivity index (χ2v) is 28.4. The van der Waals surface area contributed by atoms with E-state index in [0.29, 0.717) is 81.3 Å². The fourth-order valence-corrected chi connectivity index (χ4v) is 11.6. The second kappa shape index (κ2) is 50.1. The molecule has 0 fully saturated rings. The molecule has 0 saturated carbocycles. The molecule has 0 saturated heterocycles. The van der Waals surface area contributed by atoms with E-state index < -0.39 is 168 Å². The molecule has 2 aromatic rings. The maximum absolute atomic E-state index is 14.9. The van der Waals surface area contributed by atoms with Crippen LogP contribution in [-0.2, 0) is 70.4 Å². The van der Waals surface area contributed by atoms with Gasteiger partial charge in [-0.25, -0.2) is 9.78 Å². The average molecular weight is 1500 g/mol.